The summed E-state index contributed by atoms with van der Waals surface area (Å²) < 4.78 is 1.81. The minimum atomic E-state index is -0.324. The molecule has 1 atom stereocenters. The number of nitro groups is 1. The molecular formula is C19H27N4O2+. The van der Waals surface area contributed by atoms with Gasteiger partial charge < -0.3 is 4.90 Å². The van der Waals surface area contributed by atoms with E-state index in [1.54, 1.807) is 13.8 Å². The van der Waals surface area contributed by atoms with Gasteiger partial charge in [-0.1, -0.05) is 38.1 Å². The maximum Gasteiger partial charge on any atom is 0.312 e. The lowest BCUT2D eigenvalue weighted by atomic mass is 10.0. The highest BCUT2D eigenvalue weighted by atomic mass is 16.6. The summed E-state index contributed by atoms with van der Waals surface area (Å²) in [5.41, 5.74) is 3.96. The van der Waals surface area contributed by atoms with Crippen molar-refractivity contribution in [3.05, 3.63) is 56.9 Å². The molecule has 6 nitrogen and oxygen atoms in total. The van der Waals surface area contributed by atoms with Crippen LogP contribution in [0.2, 0.25) is 0 Å². The minimum absolute atomic E-state index is 0.149. The van der Waals surface area contributed by atoms with E-state index in [1.165, 1.54) is 28.9 Å². The summed E-state index contributed by atoms with van der Waals surface area (Å²) in [6.45, 7) is 9.51. The Hall–Kier alpha value is -2.21. The van der Waals surface area contributed by atoms with Crippen LogP contribution in [0.15, 0.2) is 24.3 Å². The van der Waals surface area contributed by atoms with Gasteiger partial charge in [-0.25, -0.2) is 4.68 Å². The topological polar surface area (TPSA) is 65.4 Å². The van der Waals surface area contributed by atoms with E-state index in [1.807, 2.05) is 4.68 Å². The lowest BCUT2D eigenvalue weighted by molar-refractivity contribution is -0.947. The van der Waals surface area contributed by atoms with Gasteiger partial charge in [0.05, 0.1) is 11.0 Å². The predicted octanol–water partition coefficient (Wildman–Crippen LogP) is 2.74. The molecule has 2 aromatic rings. The largest absolute Gasteiger partial charge is 0.312 e. The fourth-order valence-corrected chi connectivity index (χ4v) is 3.40. The zero-order chi connectivity index (χ0) is 18.1. The molecule has 1 saturated carbocycles. The van der Waals surface area contributed by atoms with Crippen molar-refractivity contribution in [2.24, 2.45) is 0 Å². The van der Waals surface area contributed by atoms with Gasteiger partial charge in [0.1, 0.15) is 17.9 Å². The van der Waals surface area contributed by atoms with Gasteiger partial charge in [-0.3, -0.25) is 10.1 Å². The number of nitrogens with one attached hydrogen (secondary N) is 1. The molecule has 0 spiro atoms. The molecule has 0 saturated heterocycles. The Morgan fingerprint density at radius 1 is 1.28 bits per heavy atom. The van der Waals surface area contributed by atoms with E-state index in [9.17, 15) is 10.1 Å². The van der Waals surface area contributed by atoms with Gasteiger partial charge in [0, 0.05) is 18.4 Å². The van der Waals surface area contributed by atoms with E-state index < -0.39 is 0 Å². The first-order valence-corrected chi connectivity index (χ1v) is 8.98. The Morgan fingerprint density at radius 2 is 1.92 bits per heavy atom. The normalized spacial score (nSPS) is 15.6. The number of hydrogen-bond donors (Lipinski definition) is 1. The standard InChI is InChI=1S/C19H26N4O2/c1-13(2)17-7-5-16(6-8-17)11-21(18-9-10-18)12-22-15(4)19(23(24)25)14(3)20-22/h5-8,13,18H,9-12H2,1-4H3/p+1. The molecule has 134 valence electrons. The van der Waals surface area contributed by atoms with Crippen LogP contribution in [0.5, 0.6) is 0 Å². The molecule has 0 radical (unpaired) electrons. The summed E-state index contributed by atoms with van der Waals surface area (Å²) in [6, 6.07) is 9.47. The third-order valence-corrected chi connectivity index (χ3v) is 5.11. The average Bonchev–Trinajstić information content (AvgIpc) is 3.34. The van der Waals surface area contributed by atoms with Gasteiger partial charge in [-0.05, 0) is 25.3 Å². The third-order valence-electron chi connectivity index (χ3n) is 5.11. The van der Waals surface area contributed by atoms with E-state index in [0.29, 0.717) is 30.0 Å². The third kappa shape index (κ3) is 3.90. The number of aryl methyl sites for hydroxylation is 1. The van der Waals surface area contributed by atoms with E-state index in [2.05, 4.69) is 43.2 Å². The highest BCUT2D eigenvalue weighted by molar-refractivity contribution is 5.39. The number of nitrogens with zero attached hydrogens (tertiary/aromatic N) is 3. The molecular weight excluding hydrogens is 316 g/mol. The van der Waals surface area contributed by atoms with Gasteiger partial charge in [0.15, 0.2) is 6.67 Å². The maximum absolute atomic E-state index is 11.2. The molecule has 1 N–H and O–H groups in total. The van der Waals surface area contributed by atoms with Gasteiger partial charge in [-0.2, -0.15) is 5.10 Å². The molecule has 1 fully saturated rings. The Labute approximate surface area is 148 Å². The van der Waals surface area contributed by atoms with Crippen molar-refractivity contribution < 1.29 is 9.82 Å². The highest BCUT2D eigenvalue weighted by Gasteiger charge is 2.35. The Kier molecular flexibility index (Phi) is 4.90. The summed E-state index contributed by atoms with van der Waals surface area (Å²) in [6.07, 6.45) is 2.45. The number of benzene rings is 1. The second-order valence-corrected chi connectivity index (χ2v) is 7.44. The van der Waals surface area contributed by atoms with Crippen LogP contribution in [0.1, 0.15) is 55.1 Å². The molecule has 0 amide bonds. The number of aromatic nitrogens is 2. The smallest absolute Gasteiger partial charge is 0.310 e. The van der Waals surface area contributed by atoms with Crippen molar-refractivity contribution in [1.82, 2.24) is 9.78 Å². The summed E-state index contributed by atoms with van der Waals surface area (Å²) in [7, 11) is 0. The number of hydrogen-bond acceptors (Lipinski definition) is 3. The zero-order valence-corrected chi connectivity index (χ0v) is 15.5. The molecule has 3 rings (SSSR count). The maximum atomic E-state index is 11.2. The van der Waals surface area contributed by atoms with Crippen molar-refractivity contribution in [1.29, 1.82) is 0 Å². The van der Waals surface area contributed by atoms with Gasteiger partial charge >= 0.3 is 5.69 Å². The molecule has 1 aromatic heterocycles. The summed E-state index contributed by atoms with van der Waals surface area (Å²) in [5.74, 6) is 0.538. The Balaban J connectivity index is 1.76. The molecule has 6 heteroatoms. The van der Waals surface area contributed by atoms with Crippen molar-refractivity contribution in [3.8, 4) is 0 Å². The average molecular weight is 343 g/mol. The zero-order valence-electron chi connectivity index (χ0n) is 15.5. The SMILES string of the molecule is Cc1nn(C[NH+](Cc2ccc(C(C)C)cc2)C2CC2)c(C)c1[N+](=O)[O-]. The fraction of sp³-hybridized carbons (Fsp3) is 0.526. The van der Waals surface area contributed by atoms with Gasteiger partial charge in [0.2, 0.25) is 0 Å². The van der Waals surface area contributed by atoms with Crippen LogP contribution in [-0.4, -0.2) is 20.7 Å². The number of rotatable bonds is 7. The van der Waals surface area contributed by atoms with Crippen LogP contribution in [0.25, 0.3) is 0 Å². The van der Waals surface area contributed by atoms with E-state index in [-0.39, 0.29) is 10.6 Å². The van der Waals surface area contributed by atoms with Gasteiger partial charge in [0.25, 0.3) is 0 Å². The van der Waals surface area contributed by atoms with Crippen LogP contribution in [-0.2, 0) is 13.2 Å². The Bertz CT molecular complexity index is 760. The minimum Gasteiger partial charge on any atom is -0.310 e. The van der Waals surface area contributed by atoms with E-state index in [4.69, 9.17) is 0 Å². The molecule has 0 bridgehead atoms. The first kappa shape index (κ1) is 17.6. The first-order chi connectivity index (χ1) is 11.9. The Morgan fingerprint density at radius 3 is 2.40 bits per heavy atom. The predicted molar refractivity (Wildman–Crippen MR) is 96.6 cm³/mol. The molecule has 1 aliphatic rings. The molecule has 1 aromatic carbocycles. The summed E-state index contributed by atoms with van der Waals surface area (Å²) >= 11 is 0. The van der Waals surface area contributed by atoms with Crippen molar-refractivity contribution in [2.75, 3.05) is 0 Å². The molecule has 1 aliphatic carbocycles. The number of quaternary nitrogens is 1. The van der Waals surface area contributed by atoms with Crippen LogP contribution < -0.4 is 4.90 Å². The summed E-state index contributed by atoms with van der Waals surface area (Å²) in [4.78, 5) is 12.3. The second kappa shape index (κ2) is 6.96. The van der Waals surface area contributed by atoms with Crippen LogP contribution in [0, 0.1) is 24.0 Å². The van der Waals surface area contributed by atoms with E-state index >= 15 is 0 Å². The fourth-order valence-electron chi connectivity index (χ4n) is 3.40. The lowest BCUT2D eigenvalue weighted by Gasteiger charge is -2.20. The second-order valence-electron chi connectivity index (χ2n) is 7.44. The molecule has 1 unspecified atom stereocenters. The lowest BCUT2D eigenvalue weighted by Crippen LogP contribution is -3.11. The quantitative estimate of drug-likeness (QED) is 0.621. The first-order valence-electron chi connectivity index (χ1n) is 8.98. The van der Waals surface area contributed by atoms with Crippen molar-refractivity contribution in [3.63, 3.8) is 0 Å². The van der Waals surface area contributed by atoms with Crippen LogP contribution in [0.4, 0.5) is 5.69 Å². The molecule has 1 heterocycles. The van der Waals surface area contributed by atoms with Crippen molar-refractivity contribution >= 4 is 5.69 Å². The van der Waals surface area contributed by atoms with Crippen molar-refractivity contribution in [2.45, 2.75) is 65.7 Å². The van der Waals surface area contributed by atoms with Gasteiger partial charge in [-0.15, -0.1) is 0 Å². The van der Waals surface area contributed by atoms with Crippen LogP contribution in [0.3, 0.4) is 0 Å². The monoisotopic (exact) mass is 343 g/mol. The molecule has 0 aliphatic heterocycles. The molecule has 25 heavy (non-hydrogen) atoms. The van der Waals surface area contributed by atoms with Crippen LogP contribution >= 0.6 is 0 Å². The summed E-state index contributed by atoms with van der Waals surface area (Å²) in [5, 5.41) is 15.6. The van der Waals surface area contributed by atoms with E-state index in [0.717, 1.165) is 6.54 Å². The highest BCUT2D eigenvalue weighted by Crippen LogP contribution is 2.22.